The van der Waals surface area contributed by atoms with E-state index in [4.69, 9.17) is 11.6 Å². The Bertz CT molecular complexity index is 1190. The monoisotopic (exact) mass is 448 g/mol. The number of sulfone groups is 1. The fourth-order valence-electron chi connectivity index (χ4n) is 2.72. The Morgan fingerprint density at radius 2 is 1.86 bits per heavy atom. The van der Waals surface area contributed by atoms with Crippen molar-refractivity contribution in [1.82, 2.24) is 9.78 Å². The minimum absolute atomic E-state index is 0.229. The lowest BCUT2D eigenvalue weighted by atomic mass is 10.1. The van der Waals surface area contributed by atoms with E-state index in [0.717, 1.165) is 12.0 Å². The third-order valence-corrected chi connectivity index (χ3v) is 7.20. The largest absolute Gasteiger partial charge is 0.285 e. The molecule has 0 amide bonds. The molecule has 8 heteroatoms. The van der Waals surface area contributed by atoms with Gasteiger partial charge in [0.25, 0.3) is 5.56 Å². The van der Waals surface area contributed by atoms with Crippen LogP contribution in [0.3, 0.4) is 0 Å². The fraction of sp³-hybridized carbons (Fsp3) is 0.238. The zero-order chi connectivity index (χ0) is 21.2. The average Bonchev–Trinajstić information content (AvgIpc) is 2.68. The molecule has 152 valence electrons. The highest BCUT2D eigenvalue weighted by atomic mass is 35.5. The van der Waals surface area contributed by atoms with E-state index in [1.165, 1.54) is 22.7 Å². The van der Waals surface area contributed by atoms with Crippen LogP contribution in [0.4, 0.5) is 0 Å². The number of hydrogen-bond donors (Lipinski definition) is 0. The first-order chi connectivity index (χ1) is 13.7. The van der Waals surface area contributed by atoms with Crippen LogP contribution in [-0.4, -0.2) is 29.7 Å². The van der Waals surface area contributed by atoms with Gasteiger partial charge < -0.3 is 0 Å². The highest BCUT2D eigenvalue weighted by Crippen LogP contribution is 2.32. The van der Waals surface area contributed by atoms with E-state index in [1.807, 2.05) is 0 Å². The second-order valence-electron chi connectivity index (χ2n) is 6.72. The van der Waals surface area contributed by atoms with E-state index in [1.54, 1.807) is 54.7 Å². The molecule has 0 fully saturated rings. The standard InChI is InChI=1S/C21H21ClN2O3S2/c1-4-14(2)28-20-19(15-8-10-18(11-9-15)29(3,26)27)13-23-24(21(20)25)17-7-5-6-16(22)12-17/h5-14H,4H2,1-3H3. The van der Waals surface area contributed by atoms with Gasteiger partial charge in [0, 0.05) is 22.1 Å². The van der Waals surface area contributed by atoms with Gasteiger partial charge in [0.1, 0.15) is 0 Å². The Balaban J connectivity index is 2.16. The second-order valence-corrected chi connectivity index (χ2v) is 10.6. The molecule has 0 spiro atoms. The molecule has 3 aromatic rings. The minimum atomic E-state index is -3.29. The molecule has 0 saturated heterocycles. The van der Waals surface area contributed by atoms with E-state index in [2.05, 4.69) is 18.9 Å². The third-order valence-electron chi connectivity index (χ3n) is 4.47. The van der Waals surface area contributed by atoms with E-state index >= 15 is 0 Å². The Labute approximate surface area is 179 Å². The first-order valence-corrected chi connectivity index (χ1v) is 12.2. The maximum atomic E-state index is 13.3. The fourth-order valence-corrected chi connectivity index (χ4v) is 4.58. The van der Waals surface area contributed by atoms with Gasteiger partial charge in [-0.05, 0) is 42.3 Å². The summed E-state index contributed by atoms with van der Waals surface area (Å²) in [4.78, 5) is 14.1. The van der Waals surface area contributed by atoms with Gasteiger partial charge in [-0.25, -0.2) is 8.42 Å². The van der Waals surface area contributed by atoms with Crippen molar-refractivity contribution in [3.05, 3.63) is 70.1 Å². The lowest BCUT2D eigenvalue weighted by Gasteiger charge is -2.15. The van der Waals surface area contributed by atoms with Gasteiger partial charge in [0.2, 0.25) is 0 Å². The maximum Gasteiger partial charge on any atom is 0.285 e. The van der Waals surface area contributed by atoms with E-state index in [9.17, 15) is 13.2 Å². The third kappa shape index (κ3) is 4.91. The Morgan fingerprint density at radius 1 is 1.17 bits per heavy atom. The van der Waals surface area contributed by atoms with Crippen LogP contribution in [0.5, 0.6) is 0 Å². The summed E-state index contributed by atoms with van der Waals surface area (Å²) in [7, 11) is -3.29. The molecule has 0 radical (unpaired) electrons. The van der Waals surface area contributed by atoms with Crippen molar-refractivity contribution in [2.24, 2.45) is 0 Å². The zero-order valence-electron chi connectivity index (χ0n) is 16.3. The van der Waals surface area contributed by atoms with Crippen molar-refractivity contribution in [2.75, 3.05) is 6.26 Å². The van der Waals surface area contributed by atoms with Gasteiger partial charge in [-0.3, -0.25) is 4.79 Å². The molecule has 0 aliphatic carbocycles. The van der Waals surface area contributed by atoms with Crippen molar-refractivity contribution >= 4 is 33.2 Å². The predicted octanol–water partition coefficient (Wildman–Crippen LogP) is 4.85. The first kappa shape index (κ1) is 21.6. The van der Waals surface area contributed by atoms with Crippen molar-refractivity contribution in [2.45, 2.75) is 35.3 Å². The van der Waals surface area contributed by atoms with Gasteiger partial charge in [-0.2, -0.15) is 9.78 Å². The van der Waals surface area contributed by atoms with Gasteiger partial charge in [-0.15, -0.1) is 11.8 Å². The highest BCUT2D eigenvalue weighted by molar-refractivity contribution is 8.00. The molecule has 3 rings (SSSR count). The smallest absolute Gasteiger partial charge is 0.266 e. The van der Waals surface area contributed by atoms with Gasteiger partial charge in [0.05, 0.1) is 21.7 Å². The van der Waals surface area contributed by atoms with Crippen molar-refractivity contribution in [3.63, 3.8) is 0 Å². The van der Waals surface area contributed by atoms with Crippen LogP contribution >= 0.6 is 23.4 Å². The Hall–Kier alpha value is -2.09. The van der Waals surface area contributed by atoms with Crippen LogP contribution in [0, 0.1) is 0 Å². The number of thioether (sulfide) groups is 1. The quantitative estimate of drug-likeness (QED) is 0.504. The van der Waals surface area contributed by atoms with Crippen molar-refractivity contribution in [1.29, 1.82) is 0 Å². The number of nitrogens with zero attached hydrogens (tertiary/aromatic N) is 2. The topological polar surface area (TPSA) is 69.0 Å². The molecule has 0 bridgehead atoms. The van der Waals surface area contributed by atoms with Gasteiger partial charge in [0.15, 0.2) is 9.84 Å². The van der Waals surface area contributed by atoms with Crippen molar-refractivity contribution < 1.29 is 8.42 Å². The molecule has 0 aliphatic rings. The van der Waals surface area contributed by atoms with Crippen LogP contribution in [-0.2, 0) is 9.84 Å². The maximum absolute atomic E-state index is 13.3. The Morgan fingerprint density at radius 3 is 2.45 bits per heavy atom. The van der Waals surface area contributed by atoms with Crippen LogP contribution in [0.15, 0.2) is 69.3 Å². The molecule has 0 saturated carbocycles. The molecule has 0 aliphatic heterocycles. The number of hydrogen-bond acceptors (Lipinski definition) is 5. The number of aromatic nitrogens is 2. The van der Waals surface area contributed by atoms with E-state index < -0.39 is 9.84 Å². The molecule has 2 aromatic carbocycles. The molecular weight excluding hydrogens is 428 g/mol. The summed E-state index contributed by atoms with van der Waals surface area (Å²) in [5.74, 6) is 0. The SMILES string of the molecule is CCC(C)Sc1c(-c2ccc(S(C)(=O)=O)cc2)cnn(-c2cccc(Cl)c2)c1=O. The molecule has 5 nitrogen and oxygen atoms in total. The molecule has 1 atom stereocenters. The predicted molar refractivity (Wildman–Crippen MR) is 119 cm³/mol. The molecule has 0 N–H and O–H groups in total. The van der Waals surface area contributed by atoms with Crippen molar-refractivity contribution in [3.8, 4) is 16.8 Å². The zero-order valence-corrected chi connectivity index (χ0v) is 18.7. The molecule has 1 heterocycles. The summed E-state index contributed by atoms with van der Waals surface area (Å²) >= 11 is 7.56. The normalized spacial score (nSPS) is 12.7. The van der Waals surface area contributed by atoms with Gasteiger partial charge in [-0.1, -0.05) is 43.6 Å². The summed E-state index contributed by atoms with van der Waals surface area (Å²) in [6, 6.07) is 13.5. The van der Waals surface area contributed by atoms with E-state index in [-0.39, 0.29) is 15.7 Å². The van der Waals surface area contributed by atoms with Crippen LogP contribution < -0.4 is 5.56 Å². The number of benzene rings is 2. The van der Waals surface area contributed by atoms with Crippen LogP contribution in [0.1, 0.15) is 20.3 Å². The summed E-state index contributed by atoms with van der Waals surface area (Å²) < 4.78 is 24.8. The Kier molecular flexibility index (Phi) is 6.51. The number of halogens is 1. The van der Waals surface area contributed by atoms with Gasteiger partial charge >= 0.3 is 0 Å². The number of rotatable bonds is 6. The highest BCUT2D eigenvalue weighted by Gasteiger charge is 2.18. The average molecular weight is 449 g/mol. The second kappa shape index (κ2) is 8.73. The molecule has 1 aromatic heterocycles. The summed E-state index contributed by atoms with van der Waals surface area (Å²) in [6.07, 6.45) is 3.71. The lowest BCUT2D eigenvalue weighted by Crippen LogP contribution is -2.24. The molecular formula is C21H21ClN2O3S2. The first-order valence-electron chi connectivity index (χ1n) is 9.06. The summed E-state index contributed by atoms with van der Waals surface area (Å²) in [6.45, 7) is 4.12. The van der Waals surface area contributed by atoms with Crippen LogP contribution in [0.25, 0.3) is 16.8 Å². The molecule has 1 unspecified atom stereocenters. The van der Waals surface area contributed by atoms with Crippen LogP contribution in [0.2, 0.25) is 5.02 Å². The molecule has 29 heavy (non-hydrogen) atoms. The summed E-state index contributed by atoms with van der Waals surface area (Å²) in [5.41, 5.74) is 1.78. The van der Waals surface area contributed by atoms with E-state index in [0.29, 0.717) is 21.2 Å². The minimum Gasteiger partial charge on any atom is -0.266 e. The lowest BCUT2D eigenvalue weighted by molar-refractivity contribution is 0.602. The summed E-state index contributed by atoms with van der Waals surface area (Å²) in [5, 5.41) is 5.09.